The molecule has 0 aromatic heterocycles. The van der Waals surface area contributed by atoms with Gasteiger partial charge in [-0.05, 0) is 0 Å². The first kappa shape index (κ1) is 15.4. The Balaban J connectivity index is 3.99. The topological polar surface area (TPSA) is 121 Å². The third-order valence-electron chi connectivity index (χ3n) is 1.67. The fourth-order valence-corrected chi connectivity index (χ4v) is 1.53. The van der Waals surface area contributed by atoms with Gasteiger partial charge in [-0.15, -0.1) is 0 Å². The number of carbonyl (C=O) groups excluding carboxylic acids is 2. The van der Waals surface area contributed by atoms with Crippen molar-refractivity contribution in [2.45, 2.75) is 18.9 Å². The van der Waals surface area contributed by atoms with Crippen LogP contribution in [0.3, 0.4) is 0 Å². The van der Waals surface area contributed by atoms with Crippen LogP contribution in [-0.2, 0) is 19.2 Å². The largest absolute Gasteiger partial charge is 0.481 e. The summed E-state index contributed by atoms with van der Waals surface area (Å²) in [4.78, 5) is 42.2. The Kier molecular flexibility index (Phi) is 7.78. The quantitative estimate of drug-likeness (QED) is 0.373. The van der Waals surface area contributed by atoms with Crippen molar-refractivity contribution in [2.24, 2.45) is 0 Å². The zero-order valence-corrected chi connectivity index (χ0v) is 9.74. The van der Waals surface area contributed by atoms with E-state index in [1.54, 1.807) is 0 Å². The van der Waals surface area contributed by atoms with Crippen molar-refractivity contribution in [3.63, 3.8) is 0 Å². The molecule has 0 aliphatic heterocycles. The van der Waals surface area contributed by atoms with Crippen LogP contribution in [0.4, 0.5) is 0 Å². The highest BCUT2D eigenvalue weighted by Crippen LogP contribution is 2.01. The maximum Gasteiger partial charge on any atom is 0.326 e. The van der Waals surface area contributed by atoms with Gasteiger partial charge in [0, 0.05) is 17.9 Å². The summed E-state index contributed by atoms with van der Waals surface area (Å²) < 4.78 is 0. The fourth-order valence-electron chi connectivity index (χ4n) is 0.938. The molecular weight excluding hydrogens is 250 g/mol. The molecule has 1 amide bonds. The predicted octanol–water partition coefficient (Wildman–Crippen LogP) is -0.647. The molecule has 0 unspecified atom stereocenters. The molecule has 0 aromatic carbocycles. The SMILES string of the molecule is O=CCSCCC(=O)N[C@H](CC(=O)O)C(=O)O. The van der Waals surface area contributed by atoms with Gasteiger partial charge in [-0.25, -0.2) is 4.79 Å². The van der Waals surface area contributed by atoms with Crippen LogP contribution in [-0.4, -0.2) is 51.9 Å². The summed E-state index contributed by atoms with van der Waals surface area (Å²) in [7, 11) is 0. The van der Waals surface area contributed by atoms with E-state index in [4.69, 9.17) is 10.2 Å². The number of carbonyl (C=O) groups is 4. The first-order valence-corrected chi connectivity index (χ1v) is 5.88. The summed E-state index contributed by atoms with van der Waals surface area (Å²) in [6.45, 7) is 0. The van der Waals surface area contributed by atoms with Crippen molar-refractivity contribution >= 4 is 35.9 Å². The van der Waals surface area contributed by atoms with Crippen LogP contribution in [0, 0.1) is 0 Å². The smallest absolute Gasteiger partial charge is 0.326 e. The second-order valence-corrected chi connectivity index (χ2v) is 4.20. The number of thioether (sulfide) groups is 1. The Morgan fingerprint density at radius 1 is 1.29 bits per heavy atom. The van der Waals surface area contributed by atoms with E-state index in [2.05, 4.69) is 5.32 Å². The van der Waals surface area contributed by atoms with E-state index in [1.807, 2.05) is 0 Å². The third-order valence-corrected chi connectivity index (χ3v) is 2.54. The molecule has 3 N–H and O–H groups in total. The van der Waals surface area contributed by atoms with Crippen molar-refractivity contribution in [3.05, 3.63) is 0 Å². The number of nitrogens with one attached hydrogen (secondary N) is 1. The third kappa shape index (κ3) is 8.26. The predicted molar refractivity (Wildman–Crippen MR) is 59.8 cm³/mol. The Labute approximate surface area is 102 Å². The molecule has 1 atom stereocenters. The second-order valence-electron chi connectivity index (χ2n) is 3.05. The van der Waals surface area contributed by atoms with Crippen LogP contribution in [0.15, 0.2) is 0 Å². The first-order chi connectivity index (χ1) is 7.97. The van der Waals surface area contributed by atoms with Gasteiger partial charge in [0.1, 0.15) is 12.3 Å². The van der Waals surface area contributed by atoms with E-state index in [9.17, 15) is 19.2 Å². The Hall–Kier alpha value is -1.57. The van der Waals surface area contributed by atoms with Gasteiger partial charge >= 0.3 is 11.9 Å². The summed E-state index contributed by atoms with van der Waals surface area (Å²) in [6, 6.07) is -1.42. The van der Waals surface area contributed by atoms with Gasteiger partial charge in [-0.1, -0.05) is 0 Å². The van der Waals surface area contributed by atoms with E-state index in [0.717, 1.165) is 0 Å². The van der Waals surface area contributed by atoms with Crippen LogP contribution >= 0.6 is 11.8 Å². The summed E-state index contributed by atoms with van der Waals surface area (Å²) in [5.41, 5.74) is 0. The van der Waals surface area contributed by atoms with E-state index in [-0.39, 0.29) is 12.2 Å². The molecule has 0 spiro atoms. The highest BCUT2D eigenvalue weighted by atomic mass is 32.2. The number of carboxylic acid groups (broad SMARTS) is 2. The van der Waals surface area contributed by atoms with Gasteiger partial charge in [0.25, 0.3) is 0 Å². The van der Waals surface area contributed by atoms with Crippen molar-refractivity contribution in [2.75, 3.05) is 11.5 Å². The summed E-state index contributed by atoms with van der Waals surface area (Å²) >= 11 is 1.24. The number of rotatable bonds is 9. The van der Waals surface area contributed by atoms with Gasteiger partial charge in [-0.3, -0.25) is 9.59 Å². The molecule has 0 saturated carbocycles. The molecule has 8 heteroatoms. The van der Waals surface area contributed by atoms with E-state index >= 15 is 0 Å². The zero-order chi connectivity index (χ0) is 13.3. The number of carboxylic acids is 2. The normalized spacial score (nSPS) is 11.5. The number of aldehydes is 1. The average Bonchev–Trinajstić information content (AvgIpc) is 2.22. The van der Waals surface area contributed by atoms with Crippen LogP contribution < -0.4 is 5.32 Å². The lowest BCUT2D eigenvalue weighted by molar-refractivity contribution is -0.147. The van der Waals surface area contributed by atoms with E-state index in [0.29, 0.717) is 12.0 Å². The lowest BCUT2D eigenvalue weighted by Gasteiger charge is -2.11. The minimum Gasteiger partial charge on any atom is -0.481 e. The van der Waals surface area contributed by atoms with Gasteiger partial charge in [0.2, 0.25) is 5.91 Å². The second kappa shape index (κ2) is 8.57. The molecular formula is C9H13NO6S. The lowest BCUT2D eigenvalue weighted by atomic mass is 10.2. The molecule has 7 nitrogen and oxygen atoms in total. The van der Waals surface area contributed by atoms with Crippen molar-refractivity contribution in [3.8, 4) is 0 Å². The molecule has 0 rings (SSSR count). The van der Waals surface area contributed by atoms with Gasteiger partial charge in [0.05, 0.1) is 6.42 Å². The molecule has 0 aliphatic rings. The molecule has 96 valence electrons. The van der Waals surface area contributed by atoms with Crippen molar-refractivity contribution in [1.82, 2.24) is 5.32 Å². The number of amides is 1. The van der Waals surface area contributed by atoms with Gasteiger partial charge in [-0.2, -0.15) is 11.8 Å². The molecule has 0 fully saturated rings. The van der Waals surface area contributed by atoms with Crippen LogP contribution in [0.1, 0.15) is 12.8 Å². The average molecular weight is 263 g/mol. The summed E-state index contributed by atoms with van der Waals surface area (Å²) in [6.07, 6.45) is 0.0809. The molecule has 0 bridgehead atoms. The van der Waals surface area contributed by atoms with E-state index < -0.39 is 30.3 Å². The molecule has 0 heterocycles. The molecule has 17 heavy (non-hydrogen) atoms. The summed E-state index contributed by atoms with van der Waals surface area (Å²) in [5, 5.41) is 19.2. The lowest BCUT2D eigenvalue weighted by Crippen LogP contribution is -2.42. The standard InChI is InChI=1S/C9H13NO6S/c11-2-4-17-3-1-7(12)10-6(9(15)16)5-8(13)14/h2,6H,1,3-5H2,(H,10,12)(H,13,14)(H,15,16)/t6-/m1/s1. The maximum atomic E-state index is 11.2. The molecule has 0 saturated heterocycles. The zero-order valence-electron chi connectivity index (χ0n) is 8.92. The minimum absolute atomic E-state index is 0.0436. The first-order valence-electron chi connectivity index (χ1n) is 4.72. The Morgan fingerprint density at radius 3 is 2.41 bits per heavy atom. The highest BCUT2D eigenvalue weighted by Gasteiger charge is 2.22. The number of hydrogen-bond donors (Lipinski definition) is 3. The number of hydrogen-bond acceptors (Lipinski definition) is 5. The monoisotopic (exact) mass is 263 g/mol. The van der Waals surface area contributed by atoms with Crippen LogP contribution in [0.5, 0.6) is 0 Å². The number of aliphatic carboxylic acids is 2. The van der Waals surface area contributed by atoms with Gasteiger partial charge in [0.15, 0.2) is 0 Å². The van der Waals surface area contributed by atoms with Crippen LogP contribution in [0.2, 0.25) is 0 Å². The Morgan fingerprint density at radius 2 is 1.94 bits per heavy atom. The van der Waals surface area contributed by atoms with Crippen LogP contribution in [0.25, 0.3) is 0 Å². The molecule has 0 radical (unpaired) electrons. The minimum atomic E-state index is -1.42. The van der Waals surface area contributed by atoms with E-state index in [1.165, 1.54) is 11.8 Å². The van der Waals surface area contributed by atoms with Gasteiger partial charge < -0.3 is 20.3 Å². The Bertz CT molecular complexity index is 306. The molecule has 0 aliphatic carbocycles. The fraction of sp³-hybridized carbons (Fsp3) is 0.556. The highest BCUT2D eigenvalue weighted by molar-refractivity contribution is 7.99. The summed E-state index contributed by atoms with van der Waals surface area (Å²) in [5.74, 6) is -2.58. The molecule has 0 aromatic rings. The maximum absolute atomic E-state index is 11.2. The van der Waals surface area contributed by atoms with Crippen molar-refractivity contribution in [1.29, 1.82) is 0 Å². The van der Waals surface area contributed by atoms with Crippen molar-refractivity contribution < 1.29 is 29.4 Å².